The van der Waals surface area contributed by atoms with E-state index in [2.05, 4.69) is 4.98 Å². The van der Waals surface area contributed by atoms with Gasteiger partial charge < -0.3 is 15.5 Å². The Morgan fingerprint density at radius 2 is 2.05 bits per heavy atom. The minimum absolute atomic E-state index is 0. The van der Waals surface area contributed by atoms with E-state index in [4.69, 9.17) is 10.5 Å². The Bertz CT molecular complexity index is 551. The summed E-state index contributed by atoms with van der Waals surface area (Å²) < 4.78 is 5.10. The van der Waals surface area contributed by atoms with E-state index in [1.54, 1.807) is 0 Å². The number of nitrogens with one attached hydrogen (secondary N) is 1. The molecule has 0 bridgehead atoms. The van der Waals surface area contributed by atoms with Gasteiger partial charge in [0.2, 0.25) is 0 Å². The molecule has 0 radical (unpaired) electrons. The van der Waals surface area contributed by atoms with Crippen molar-refractivity contribution in [2.75, 3.05) is 0 Å². The number of carbonyl (C=O) groups excluding carboxylic acids is 1. The summed E-state index contributed by atoms with van der Waals surface area (Å²) in [6.07, 6.45) is 2.24. The summed E-state index contributed by atoms with van der Waals surface area (Å²) in [6, 6.07) is 7.33. The Balaban J connectivity index is 0.00000180. The number of ether oxygens (including phenoxy) is 1. The Morgan fingerprint density at radius 1 is 1.37 bits per heavy atom. The molecule has 4 nitrogen and oxygen atoms in total. The first-order valence-electron chi connectivity index (χ1n) is 6.09. The molecule has 2 rings (SSSR count). The summed E-state index contributed by atoms with van der Waals surface area (Å²) in [7, 11) is 0. The Morgan fingerprint density at radius 3 is 2.74 bits per heavy atom. The van der Waals surface area contributed by atoms with Gasteiger partial charge in [0.15, 0.2) is 0 Å². The second kappa shape index (κ2) is 6.73. The van der Waals surface area contributed by atoms with E-state index in [0.29, 0.717) is 6.42 Å². The van der Waals surface area contributed by atoms with Crippen molar-refractivity contribution in [2.45, 2.75) is 32.4 Å². The fraction of sp³-hybridized carbons (Fsp3) is 0.357. The molecule has 0 unspecified atom stereocenters. The lowest BCUT2D eigenvalue weighted by atomic mass is 10.1. The van der Waals surface area contributed by atoms with E-state index in [0.717, 1.165) is 16.5 Å². The molecule has 2 aromatic rings. The second-order valence-corrected chi connectivity index (χ2v) is 4.66. The normalized spacial score (nSPS) is 12.2. The highest BCUT2D eigenvalue weighted by molar-refractivity contribution is 8.93. The van der Waals surface area contributed by atoms with Gasteiger partial charge >= 0.3 is 5.97 Å². The van der Waals surface area contributed by atoms with Crippen LogP contribution in [0.5, 0.6) is 0 Å². The Labute approximate surface area is 123 Å². The summed E-state index contributed by atoms with van der Waals surface area (Å²) in [5.74, 6) is -0.352. The van der Waals surface area contributed by atoms with Crippen LogP contribution in [0.15, 0.2) is 30.5 Å². The van der Waals surface area contributed by atoms with Crippen LogP contribution < -0.4 is 5.73 Å². The molecule has 0 saturated carbocycles. The van der Waals surface area contributed by atoms with E-state index < -0.39 is 6.04 Å². The van der Waals surface area contributed by atoms with Gasteiger partial charge in [-0.2, -0.15) is 0 Å². The molecule has 1 aromatic carbocycles. The monoisotopic (exact) mass is 326 g/mol. The number of hydrogen-bond acceptors (Lipinski definition) is 3. The van der Waals surface area contributed by atoms with E-state index in [-0.39, 0.29) is 29.1 Å². The average Bonchev–Trinajstić information content (AvgIpc) is 2.72. The van der Waals surface area contributed by atoms with Gasteiger partial charge in [-0.1, -0.05) is 18.2 Å². The number of hydrogen-bond donors (Lipinski definition) is 2. The maximum Gasteiger partial charge on any atom is 0.323 e. The van der Waals surface area contributed by atoms with E-state index >= 15 is 0 Å². The molecule has 5 heteroatoms. The summed E-state index contributed by atoms with van der Waals surface area (Å²) >= 11 is 0. The molecule has 0 fully saturated rings. The van der Waals surface area contributed by atoms with Crippen LogP contribution in [0.2, 0.25) is 0 Å². The molecule has 0 aliphatic carbocycles. The standard InChI is InChI=1S/C14H18N2O2.BrH/c1-9(2)18-14(17)12(15)7-10-8-16-13-6-4-3-5-11(10)13;/h3-6,8-9,12,16H,7,15H2,1-2H3;1H/t12-;/m0./s1. The molecule has 19 heavy (non-hydrogen) atoms. The molecular weight excluding hydrogens is 308 g/mol. The lowest BCUT2D eigenvalue weighted by Gasteiger charge is -2.13. The van der Waals surface area contributed by atoms with E-state index in [9.17, 15) is 4.79 Å². The van der Waals surface area contributed by atoms with Crippen LogP contribution in [-0.4, -0.2) is 23.1 Å². The largest absolute Gasteiger partial charge is 0.462 e. The number of fused-ring (bicyclic) bond motifs is 1. The average molecular weight is 327 g/mol. The van der Waals surface area contributed by atoms with Crippen LogP contribution in [0, 0.1) is 0 Å². The van der Waals surface area contributed by atoms with Crippen molar-refractivity contribution in [3.63, 3.8) is 0 Å². The number of carbonyl (C=O) groups is 1. The molecule has 104 valence electrons. The van der Waals surface area contributed by atoms with Crippen molar-refractivity contribution >= 4 is 33.9 Å². The fourth-order valence-corrected chi connectivity index (χ4v) is 1.94. The third-order valence-electron chi connectivity index (χ3n) is 2.77. The SMILES string of the molecule is Br.CC(C)OC(=O)[C@@H](N)Cc1c[nH]c2ccccc12. The van der Waals surface area contributed by atoms with E-state index in [1.165, 1.54) is 0 Å². The third-order valence-corrected chi connectivity index (χ3v) is 2.77. The molecule has 0 amide bonds. The number of H-pyrrole nitrogens is 1. The van der Waals surface area contributed by atoms with Crippen molar-refractivity contribution in [2.24, 2.45) is 5.73 Å². The number of halogens is 1. The topological polar surface area (TPSA) is 68.1 Å². The van der Waals surface area contributed by atoms with Crippen molar-refractivity contribution in [3.8, 4) is 0 Å². The zero-order chi connectivity index (χ0) is 13.1. The number of para-hydroxylation sites is 1. The van der Waals surface area contributed by atoms with Gasteiger partial charge in [-0.05, 0) is 25.5 Å². The fourth-order valence-electron chi connectivity index (χ4n) is 1.94. The molecular formula is C14H19BrN2O2. The van der Waals surface area contributed by atoms with Crippen LogP contribution >= 0.6 is 17.0 Å². The molecule has 0 aliphatic rings. The predicted octanol–water partition coefficient (Wildman–Crippen LogP) is 2.57. The highest BCUT2D eigenvalue weighted by atomic mass is 79.9. The molecule has 1 atom stereocenters. The number of nitrogens with two attached hydrogens (primary N) is 1. The molecule has 0 spiro atoms. The minimum Gasteiger partial charge on any atom is -0.462 e. The van der Waals surface area contributed by atoms with Crippen molar-refractivity contribution < 1.29 is 9.53 Å². The van der Waals surface area contributed by atoms with Crippen LogP contribution in [0.4, 0.5) is 0 Å². The number of rotatable bonds is 4. The first kappa shape index (κ1) is 15.7. The van der Waals surface area contributed by atoms with Gasteiger partial charge in [-0.15, -0.1) is 17.0 Å². The lowest BCUT2D eigenvalue weighted by Crippen LogP contribution is -2.35. The third kappa shape index (κ3) is 3.81. The molecule has 0 aliphatic heterocycles. The van der Waals surface area contributed by atoms with Gasteiger partial charge in [-0.25, -0.2) is 0 Å². The van der Waals surface area contributed by atoms with Crippen molar-refractivity contribution in [3.05, 3.63) is 36.0 Å². The number of esters is 1. The minimum atomic E-state index is -0.619. The van der Waals surface area contributed by atoms with Crippen LogP contribution in [0.3, 0.4) is 0 Å². The van der Waals surface area contributed by atoms with Crippen LogP contribution in [0.1, 0.15) is 19.4 Å². The first-order chi connectivity index (χ1) is 8.58. The smallest absolute Gasteiger partial charge is 0.323 e. The Hall–Kier alpha value is -1.33. The van der Waals surface area contributed by atoms with Crippen molar-refractivity contribution in [1.29, 1.82) is 0 Å². The summed E-state index contributed by atoms with van der Waals surface area (Å²) in [5, 5.41) is 1.10. The highest BCUT2D eigenvalue weighted by Crippen LogP contribution is 2.18. The molecule has 3 N–H and O–H groups in total. The van der Waals surface area contributed by atoms with Gasteiger partial charge in [-0.3, -0.25) is 4.79 Å². The van der Waals surface area contributed by atoms with Gasteiger partial charge in [0.05, 0.1) is 6.10 Å². The zero-order valence-electron chi connectivity index (χ0n) is 11.1. The number of benzene rings is 1. The summed E-state index contributed by atoms with van der Waals surface area (Å²) in [6.45, 7) is 3.63. The van der Waals surface area contributed by atoms with Gasteiger partial charge in [0, 0.05) is 23.5 Å². The van der Waals surface area contributed by atoms with E-state index in [1.807, 2.05) is 44.3 Å². The quantitative estimate of drug-likeness (QED) is 0.848. The number of aromatic amines is 1. The number of aromatic nitrogens is 1. The predicted molar refractivity (Wildman–Crippen MR) is 81.5 cm³/mol. The second-order valence-electron chi connectivity index (χ2n) is 4.66. The zero-order valence-corrected chi connectivity index (χ0v) is 12.8. The lowest BCUT2D eigenvalue weighted by molar-refractivity contribution is -0.148. The van der Waals surface area contributed by atoms with Gasteiger partial charge in [0.1, 0.15) is 6.04 Å². The van der Waals surface area contributed by atoms with Crippen LogP contribution in [-0.2, 0) is 16.0 Å². The summed E-state index contributed by atoms with van der Waals surface area (Å²) in [5.41, 5.74) is 7.95. The van der Waals surface area contributed by atoms with Crippen molar-refractivity contribution in [1.82, 2.24) is 4.98 Å². The molecule has 1 heterocycles. The first-order valence-corrected chi connectivity index (χ1v) is 6.09. The summed E-state index contributed by atoms with van der Waals surface area (Å²) in [4.78, 5) is 14.8. The molecule has 1 aromatic heterocycles. The Kier molecular flexibility index (Phi) is 5.57. The highest BCUT2D eigenvalue weighted by Gasteiger charge is 2.18. The molecule has 0 saturated heterocycles. The maximum atomic E-state index is 11.7. The maximum absolute atomic E-state index is 11.7. The van der Waals surface area contributed by atoms with Crippen LogP contribution in [0.25, 0.3) is 10.9 Å². The van der Waals surface area contributed by atoms with Gasteiger partial charge in [0.25, 0.3) is 0 Å².